The number of rotatable bonds is 9. The second kappa shape index (κ2) is 10.2. The van der Waals surface area contributed by atoms with Crippen molar-refractivity contribution in [2.45, 2.75) is 17.7 Å². The summed E-state index contributed by atoms with van der Waals surface area (Å²) in [6, 6.07) is 10.9. The maximum atomic E-state index is 12.3. The summed E-state index contributed by atoms with van der Waals surface area (Å²) < 4.78 is 31.4. The summed E-state index contributed by atoms with van der Waals surface area (Å²) in [5.41, 5.74) is 0.810. The molecule has 0 heterocycles. The van der Waals surface area contributed by atoms with Crippen LogP contribution in [0.25, 0.3) is 0 Å². The summed E-state index contributed by atoms with van der Waals surface area (Å²) in [5.74, 6) is -0.499. The highest BCUT2D eigenvalue weighted by molar-refractivity contribution is 7.89. The van der Waals surface area contributed by atoms with Gasteiger partial charge >= 0.3 is 0 Å². The van der Waals surface area contributed by atoms with Crippen molar-refractivity contribution in [3.8, 4) is 5.75 Å². The Morgan fingerprint density at radius 2 is 1.79 bits per heavy atom. The molecular weight excluding hydrogens is 418 g/mol. The van der Waals surface area contributed by atoms with Crippen LogP contribution >= 0.6 is 11.6 Å². The molecule has 156 valence electrons. The monoisotopic (exact) mass is 439 g/mol. The Morgan fingerprint density at radius 1 is 1.10 bits per heavy atom. The number of carbonyl (C=O) groups is 2. The molecule has 29 heavy (non-hydrogen) atoms. The Labute approximate surface area is 174 Å². The number of ether oxygens (including phenoxy) is 1. The number of anilines is 1. The van der Waals surface area contributed by atoms with Gasteiger partial charge in [0.25, 0.3) is 5.91 Å². The molecule has 3 N–H and O–H groups in total. The summed E-state index contributed by atoms with van der Waals surface area (Å²) in [5, 5.41) is 5.98. The largest absolute Gasteiger partial charge is 0.495 e. The predicted molar refractivity (Wildman–Crippen MR) is 111 cm³/mol. The van der Waals surface area contributed by atoms with E-state index >= 15 is 0 Å². The molecule has 0 unspecified atom stereocenters. The molecule has 0 saturated carbocycles. The van der Waals surface area contributed by atoms with Crippen LogP contribution in [0.15, 0.2) is 47.4 Å². The van der Waals surface area contributed by atoms with E-state index in [1.807, 2.05) is 0 Å². The van der Waals surface area contributed by atoms with Gasteiger partial charge in [-0.2, -0.15) is 0 Å². The number of hydrogen-bond acceptors (Lipinski definition) is 5. The Morgan fingerprint density at radius 3 is 2.41 bits per heavy atom. The number of halogens is 1. The average Bonchev–Trinajstić information content (AvgIpc) is 2.72. The van der Waals surface area contributed by atoms with Crippen molar-refractivity contribution in [2.24, 2.45) is 0 Å². The zero-order valence-corrected chi connectivity index (χ0v) is 17.6. The first kappa shape index (κ1) is 22.7. The van der Waals surface area contributed by atoms with Gasteiger partial charge in [0, 0.05) is 29.2 Å². The van der Waals surface area contributed by atoms with Crippen LogP contribution in [0, 0.1) is 0 Å². The molecule has 10 heteroatoms. The van der Waals surface area contributed by atoms with Crippen molar-refractivity contribution < 1.29 is 22.7 Å². The fraction of sp³-hybridized carbons (Fsp3) is 0.263. The Balaban J connectivity index is 1.88. The van der Waals surface area contributed by atoms with Gasteiger partial charge < -0.3 is 15.4 Å². The molecule has 2 aromatic carbocycles. The lowest BCUT2D eigenvalue weighted by molar-refractivity contribution is -0.116. The molecule has 0 aliphatic rings. The second-order valence-corrected chi connectivity index (χ2v) is 8.28. The van der Waals surface area contributed by atoms with E-state index in [4.69, 9.17) is 16.3 Å². The second-order valence-electron chi connectivity index (χ2n) is 5.99. The van der Waals surface area contributed by atoms with Crippen molar-refractivity contribution in [1.82, 2.24) is 10.0 Å². The smallest absolute Gasteiger partial charge is 0.251 e. The van der Waals surface area contributed by atoms with Gasteiger partial charge in [-0.25, -0.2) is 13.1 Å². The third-order valence-electron chi connectivity index (χ3n) is 3.98. The summed E-state index contributed by atoms with van der Waals surface area (Å²) >= 11 is 5.79. The maximum absolute atomic E-state index is 12.3. The maximum Gasteiger partial charge on any atom is 0.251 e. The van der Waals surface area contributed by atoms with E-state index in [9.17, 15) is 18.0 Å². The van der Waals surface area contributed by atoms with Crippen molar-refractivity contribution >= 4 is 39.1 Å². The molecule has 0 aliphatic heterocycles. The lowest BCUT2D eigenvalue weighted by Gasteiger charge is -2.11. The Kier molecular flexibility index (Phi) is 8.00. The minimum Gasteiger partial charge on any atom is -0.495 e. The third kappa shape index (κ3) is 6.45. The molecule has 0 atom stereocenters. The fourth-order valence-corrected chi connectivity index (χ4v) is 3.49. The quantitative estimate of drug-likeness (QED) is 0.519. The van der Waals surface area contributed by atoms with E-state index in [0.717, 1.165) is 0 Å². The number of nitrogens with one attached hydrogen (secondary N) is 3. The van der Waals surface area contributed by atoms with Crippen LogP contribution in [0.1, 0.15) is 23.2 Å². The van der Waals surface area contributed by atoms with Crippen LogP contribution in [0.5, 0.6) is 5.75 Å². The van der Waals surface area contributed by atoms with Crippen LogP contribution in [-0.4, -0.2) is 40.9 Å². The summed E-state index contributed by atoms with van der Waals surface area (Å²) in [6.07, 6.45) is 0.633. The normalized spacial score (nSPS) is 11.0. The van der Waals surface area contributed by atoms with Gasteiger partial charge in [-0.05, 0) is 55.9 Å². The average molecular weight is 440 g/mol. The van der Waals surface area contributed by atoms with Gasteiger partial charge in [0.15, 0.2) is 0 Å². The summed E-state index contributed by atoms with van der Waals surface area (Å²) in [4.78, 5) is 24.1. The van der Waals surface area contributed by atoms with Crippen molar-refractivity contribution in [3.05, 3.63) is 53.1 Å². The van der Waals surface area contributed by atoms with Crippen LogP contribution in [-0.2, 0) is 14.8 Å². The van der Waals surface area contributed by atoms with Crippen LogP contribution in [0.2, 0.25) is 5.02 Å². The van der Waals surface area contributed by atoms with E-state index in [1.54, 1.807) is 24.3 Å². The third-order valence-corrected chi connectivity index (χ3v) is 5.67. The van der Waals surface area contributed by atoms with Gasteiger partial charge in [-0.15, -0.1) is 0 Å². The van der Waals surface area contributed by atoms with Gasteiger partial charge in [0.05, 0.1) is 7.11 Å². The molecule has 2 aromatic rings. The predicted octanol–water partition coefficient (Wildman–Crippen LogP) is 2.41. The van der Waals surface area contributed by atoms with Gasteiger partial charge in [-0.1, -0.05) is 11.6 Å². The molecule has 2 rings (SSSR count). The molecule has 0 saturated heterocycles. The SMILES string of the molecule is CNS(=O)(=O)c1cc(C(=O)NCCCC(=O)Nc2ccc(Cl)cc2)ccc1OC. The molecule has 0 radical (unpaired) electrons. The van der Waals surface area contributed by atoms with E-state index in [-0.39, 0.29) is 35.1 Å². The molecule has 0 aromatic heterocycles. The van der Waals surface area contributed by atoms with Crippen LogP contribution in [0.3, 0.4) is 0 Å². The van der Waals surface area contributed by atoms with Gasteiger partial charge in [0.2, 0.25) is 15.9 Å². The number of benzene rings is 2. The van der Waals surface area contributed by atoms with Gasteiger partial charge in [-0.3, -0.25) is 9.59 Å². The zero-order valence-electron chi connectivity index (χ0n) is 16.0. The van der Waals surface area contributed by atoms with Gasteiger partial charge in [0.1, 0.15) is 10.6 Å². The first-order valence-corrected chi connectivity index (χ1v) is 10.6. The van der Waals surface area contributed by atoms with Crippen molar-refractivity contribution in [2.75, 3.05) is 26.0 Å². The lowest BCUT2D eigenvalue weighted by Crippen LogP contribution is -2.26. The Hall–Kier alpha value is -2.62. The zero-order chi connectivity index (χ0) is 21.4. The van der Waals surface area contributed by atoms with Crippen LogP contribution in [0.4, 0.5) is 5.69 Å². The molecule has 0 aliphatic carbocycles. The number of hydrogen-bond donors (Lipinski definition) is 3. The molecule has 0 bridgehead atoms. The topological polar surface area (TPSA) is 114 Å². The highest BCUT2D eigenvalue weighted by Crippen LogP contribution is 2.24. The van der Waals surface area contributed by atoms with Crippen LogP contribution < -0.4 is 20.1 Å². The number of carbonyl (C=O) groups excluding carboxylic acids is 2. The molecular formula is C19H22ClN3O5S. The minimum absolute atomic E-state index is 0.127. The molecule has 2 amide bonds. The number of sulfonamides is 1. The standard InChI is InChI=1S/C19H22ClN3O5S/c1-21-29(26,27)17-12-13(5-10-16(17)28-2)19(25)22-11-3-4-18(24)23-15-8-6-14(20)7-9-15/h5-10,12,21H,3-4,11H2,1-2H3,(H,22,25)(H,23,24). The van der Waals surface area contributed by atoms with E-state index in [0.29, 0.717) is 17.1 Å². The summed E-state index contributed by atoms with van der Waals surface area (Å²) in [6.45, 7) is 0.257. The summed E-state index contributed by atoms with van der Waals surface area (Å²) in [7, 11) is -1.16. The highest BCUT2D eigenvalue weighted by atomic mass is 35.5. The first-order valence-electron chi connectivity index (χ1n) is 8.72. The molecule has 8 nitrogen and oxygen atoms in total. The highest BCUT2D eigenvalue weighted by Gasteiger charge is 2.20. The molecule has 0 spiro atoms. The van der Waals surface area contributed by atoms with E-state index < -0.39 is 15.9 Å². The number of methoxy groups -OCH3 is 1. The van der Waals surface area contributed by atoms with Crippen molar-refractivity contribution in [1.29, 1.82) is 0 Å². The minimum atomic E-state index is -3.78. The Bertz CT molecular complexity index is 978. The lowest BCUT2D eigenvalue weighted by atomic mass is 10.2. The van der Waals surface area contributed by atoms with Crippen molar-refractivity contribution in [3.63, 3.8) is 0 Å². The number of amides is 2. The first-order chi connectivity index (χ1) is 13.8. The van der Waals surface area contributed by atoms with E-state index in [2.05, 4.69) is 15.4 Å². The molecule has 0 fully saturated rings. The fourth-order valence-electron chi connectivity index (χ4n) is 2.45. The van der Waals surface area contributed by atoms with E-state index in [1.165, 1.54) is 32.4 Å².